The van der Waals surface area contributed by atoms with E-state index in [0.29, 0.717) is 13.0 Å². The number of carbonyl (C=O) groups excluding carboxylic acids is 1. The van der Waals surface area contributed by atoms with Crippen LogP contribution < -0.4 is 5.32 Å². The van der Waals surface area contributed by atoms with Gasteiger partial charge in [-0.1, -0.05) is 67.9 Å². The molecule has 0 rings (SSSR count). The molecule has 0 aliphatic rings. The topological polar surface area (TPSA) is 49.3 Å². The zero-order valence-electron chi connectivity index (χ0n) is 16.9. The van der Waals surface area contributed by atoms with Crippen LogP contribution in [0.2, 0.25) is 0 Å². The van der Waals surface area contributed by atoms with Crippen molar-refractivity contribution in [2.24, 2.45) is 0 Å². The summed E-state index contributed by atoms with van der Waals surface area (Å²) in [6.07, 6.45) is 26.1. The Bertz CT molecular complexity index is 447. The molecule has 0 atom stereocenters. The largest absolute Gasteiger partial charge is 0.395 e. The molecule has 0 aromatic heterocycles. The van der Waals surface area contributed by atoms with E-state index in [1.807, 2.05) is 0 Å². The Morgan fingerprint density at radius 3 is 2.31 bits per heavy atom. The van der Waals surface area contributed by atoms with Crippen molar-refractivity contribution in [3.05, 3.63) is 48.1 Å². The Morgan fingerprint density at radius 2 is 1.62 bits per heavy atom. The highest BCUT2D eigenvalue weighted by molar-refractivity contribution is 5.75. The fourth-order valence-electron chi connectivity index (χ4n) is 2.42. The molecular weight excluding hydrogens is 322 g/mol. The van der Waals surface area contributed by atoms with E-state index in [0.717, 1.165) is 32.1 Å². The van der Waals surface area contributed by atoms with Gasteiger partial charge >= 0.3 is 0 Å². The monoisotopic (exact) mass is 361 g/mol. The van der Waals surface area contributed by atoms with Gasteiger partial charge in [0.05, 0.1) is 6.61 Å². The maximum absolute atomic E-state index is 11.4. The number of hydrogen-bond donors (Lipinski definition) is 2. The number of nitrogens with one attached hydrogen (secondary N) is 1. The van der Waals surface area contributed by atoms with E-state index < -0.39 is 0 Å². The lowest BCUT2D eigenvalue weighted by molar-refractivity contribution is -0.121. The molecule has 26 heavy (non-hydrogen) atoms. The van der Waals surface area contributed by atoms with Gasteiger partial charge in [0.15, 0.2) is 0 Å². The van der Waals surface area contributed by atoms with E-state index >= 15 is 0 Å². The summed E-state index contributed by atoms with van der Waals surface area (Å²) in [5.74, 6) is 0.0209. The molecule has 0 spiro atoms. The maximum atomic E-state index is 11.4. The zero-order chi connectivity index (χ0) is 19.3. The van der Waals surface area contributed by atoms with Gasteiger partial charge in [0.1, 0.15) is 0 Å². The molecule has 0 radical (unpaired) electrons. The van der Waals surface area contributed by atoms with Gasteiger partial charge in [-0.3, -0.25) is 4.79 Å². The third-order valence-corrected chi connectivity index (χ3v) is 3.99. The lowest BCUT2D eigenvalue weighted by Crippen LogP contribution is -2.25. The van der Waals surface area contributed by atoms with Gasteiger partial charge in [-0.2, -0.15) is 0 Å². The fourth-order valence-corrected chi connectivity index (χ4v) is 2.42. The Morgan fingerprint density at radius 1 is 0.923 bits per heavy atom. The Balaban J connectivity index is 3.64. The predicted molar refractivity (Wildman–Crippen MR) is 113 cm³/mol. The Kier molecular flexibility index (Phi) is 18.5. The van der Waals surface area contributed by atoms with E-state index in [2.05, 4.69) is 61.7 Å². The molecule has 0 saturated heterocycles. The van der Waals surface area contributed by atoms with E-state index in [-0.39, 0.29) is 12.5 Å². The SMILES string of the molecule is CCCCC/C=C\C/C=C\C/C=C\C/C(C)=C\CCCC(=O)NCCO. The van der Waals surface area contributed by atoms with E-state index in [4.69, 9.17) is 5.11 Å². The lowest BCUT2D eigenvalue weighted by Gasteiger charge is -2.02. The second kappa shape index (κ2) is 19.7. The zero-order valence-corrected chi connectivity index (χ0v) is 16.9. The third-order valence-electron chi connectivity index (χ3n) is 3.99. The van der Waals surface area contributed by atoms with Gasteiger partial charge in [-0.05, 0) is 51.9 Å². The summed E-state index contributed by atoms with van der Waals surface area (Å²) >= 11 is 0. The Labute approximate surface area is 161 Å². The predicted octanol–water partition coefficient (Wildman–Crippen LogP) is 5.63. The van der Waals surface area contributed by atoms with Crippen LogP contribution in [0.1, 0.15) is 78.1 Å². The molecule has 0 heterocycles. The van der Waals surface area contributed by atoms with Crippen molar-refractivity contribution in [2.75, 3.05) is 13.2 Å². The average Bonchev–Trinajstić information content (AvgIpc) is 2.64. The number of unbranched alkanes of at least 4 members (excludes halogenated alkanes) is 4. The van der Waals surface area contributed by atoms with Crippen molar-refractivity contribution in [3.63, 3.8) is 0 Å². The van der Waals surface area contributed by atoms with Crippen molar-refractivity contribution in [1.82, 2.24) is 5.32 Å². The number of allylic oxidation sites excluding steroid dienone is 8. The van der Waals surface area contributed by atoms with E-state index in [9.17, 15) is 4.79 Å². The molecule has 0 fully saturated rings. The van der Waals surface area contributed by atoms with Crippen molar-refractivity contribution in [3.8, 4) is 0 Å². The first-order valence-corrected chi connectivity index (χ1v) is 10.2. The molecule has 0 saturated carbocycles. The number of aliphatic hydroxyl groups excluding tert-OH is 1. The minimum Gasteiger partial charge on any atom is -0.395 e. The highest BCUT2D eigenvalue weighted by Crippen LogP contribution is 2.06. The normalized spacial score (nSPS) is 12.7. The van der Waals surface area contributed by atoms with Crippen LogP contribution in [0, 0.1) is 0 Å². The first-order chi connectivity index (χ1) is 12.7. The third kappa shape index (κ3) is 18.7. The fraction of sp³-hybridized carbons (Fsp3) is 0.609. The number of aliphatic hydroxyl groups is 1. The minimum atomic E-state index is 0.00201. The molecule has 3 nitrogen and oxygen atoms in total. The summed E-state index contributed by atoms with van der Waals surface area (Å²) in [6.45, 7) is 4.72. The second-order valence-electron chi connectivity index (χ2n) is 6.60. The van der Waals surface area contributed by atoms with Gasteiger partial charge in [-0.15, -0.1) is 0 Å². The number of carbonyl (C=O) groups is 1. The van der Waals surface area contributed by atoms with Gasteiger partial charge in [0.2, 0.25) is 5.91 Å². The smallest absolute Gasteiger partial charge is 0.220 e. The molecule has 0 aromatic carbocycles. The first kappa shape index (κ1) is 24.4. The van der Waals surface area contributed by atoms with Crippen LogP contribution in [0.3, 0.4) is 0 Å². The molecule has 2 N–H and O–H groups in total. The van der Waals surface area contributed by atoms with Crippen molar-refractivity contribution in [1.29, 1.82) is 0 Å². The summed E-state index contributed by atoms with van der Waals surface area (Å²) in [5, 5.41) is 11.3. The number of amides is 1. The number of hydrogen-bond acceptors (Lipinski definition) is 2. The van der Waals surface area contributed by atoms with Gasteiger partial charge in [0, 0.05) is 13.0 Å². The van der Waals surface area contributed by atoms with Crippen LogP contribution >= 0.6 is 0 Å². The van der Waals surface area contributed by atoms with E-state index in [1.54, 1.807) is 0 Å². The molecule has 0 bridgehead atoms. The van der Waals surface area contributed by atoms with Crippen LogP contribution in [-0.4, -0.2) is 24.2 Å². The summed E-state index contributed by atoms with van der Waals surface area (Å²) in [6, 6.07) is 0. The standard InChI is InChI=1S/C23H39NO2/c1-3-4-5-6-7-8-9-10-11-12-13-14-17-22(2)18-15-16-19-23(26)24-20-21-25/h7-8,10-11,13-14,18,25H,3-6,9,12,15-17,19-21H2,1-2H3,(H,24,26)/b8-7-,11-10-,14-13-,22-18-. The Hall–Kier alpha value is -1.61. The molecule has 0 unspecified atom stereocenters. The first-order valence-electron chi connectivity index (χ1n) is 10.2. The molecule has 0 aromatic rings. The lowest BCUT2D eigenvalue weighted by atomic mass is 10.1. The summed E-state index contributed by atoms with van der Waals surface area (Å²) in [7, 11) is 0. The van der Waals surface area contributed by atoms with Crippen LogP contribution in [0.4, 0.5) is 0 Å². The summed E-state index contributed by atoms with van der Waals surface area (Å²) < 4.78 is 0. The van der Waals surface area contributed by atoms with Crippen molar-refractivity contribution >= 4 is 5.91 Å². The van der Waals surface area contributed by atoms with Gasteiger partial charge in [-0.25, -0.2) is 0 Å². The van der Waals surface area contributed by atoms with Crippen LogP contribution in [0.15, 0.2) is 48.1 Å². The molecule has 0 aliphatic heterocycles. The molecule has 0 aliphatic carbocycles. The molecular formula is C23H39NO2. The van der Waals surface area contributed by atoms with Crippen LogP contribution in [0.25, 0.3) is 0 Å². The summed E-state index contributed by atoms with van der Waals surface area (Å²) in [5.41, 5.74) is 1.34. The minimum absolute atomic E-state index is 0.00201. The summed E-state index contributed by atoms with van der Waals surface area (Å²) in [4.78, 5) is 11.4. The van der Waals surface area contributed by atoms with E-state index in [1.165, 1.54) is 31.3 Å². The maximum Gasteiger partial charge on any atom is 0.220 e. The molecule has 148 valence electrons. The second-order valence-corrected chi connectivity index (χ2v) is 6.60. The van der Waals surface area contributed by atoms with Crippen molar-refractivity contribution < 1.29 is 9.90 Å². The average molecular weight is 362 g/mol. The quantitative estimate of drug-likeness (QED) is 0.276. The highest BCUT2D eigenvalue weighted by atomic mass is 16.3. The van der Waals surface area contributed by atoms with Crippen LogP contribution in [0.5, 0.6) is 0 Å². The van der Waals surface area contributed by atoms with Gasteiger partial charge < -0.3 is 10.4 Å². The highest BCUT2D eigenvalue weighted by Gasteiger charge is 1.98. The van der Waals surface area contributed by atoms with Crippen molar-refractivity contribution in [2.45, 2.75) is 78.1 Å². The van der Waals surface area contributed by atoms with Gasteiger partial charge in [0.25, 0.3) is 0 Å². The number of rotatable bonds is 16. The molecule has 3 heteroatoms. The van der Waals surface area contributed by atoms with Crippen LogP contribution in [-0.2, 0) is 4.79 Å². The molecule has 1 amide bonds.